The maximum Gasteiger partial charge on any atom is 0.132 e. The first-order valence-electron chi connectivity index (χ1n) is 7.43. The minimum atomic E-state index is -0.389. The van der Waals surface area contributed by atoms with Gasteiger partial charge in [0, 0.05) is 5.92 Å². The molecule has 0 bridgehead atoms. The average molecular weight is 248 g/mol. The predicted octanol–water partition coefficient (Wildman–Crippen LogP) is 4.26. The molecule has 3 unspecified atom stereocenters. The molecule has 0 spiro atoms. The Balaban J connectivity index is 1.64. The van der Waals surface area contributed by atoms with E-state index in [0.29, 0.717) is 11.8 Å². The van der Waals surface area contributed by atoms with Crippen molar-refractivity contribution in [3.05, 3.63) is 23.7 Å². The van der Waals surface area contributed by atoms with E-state index in [1.807, 2.05) is 6.07 Å². The largest absolute Gasteiger partial charge is 0.463 e. The van der Waals surface area contributed by atoms with Crippen LogP contribution in [0.3, 0.4) is 0 Å². The van der Waals surface area contributed by atoms with E-state index in [-0.39, 0.29) is 6.10 Å². The van der Waals surface area contributed by atoms with Gasteiger partial charge >= 0.3 is 0 Å². The molecule has 1 N–H and O–H groups in total. The van der Waals surface area contributed by atoms with Gasteiger partial charge in [-0.3, -0.25) is 0 Å². The van der Waals surface area contributed by atoms with E-state index in [0.717, 1.165) is 36.2 Å². The fourth-order valence-corrected chi connectivity index (χ4v) is 3.28. The maximum absolute atomic E-state index is 10.4. The fourth-order valence-electron chi connectivity index (χ4n) is 3.28. The van der Waals surface area contributed by atoms with Crippen molar-refractivity contribution in [3.63, 3.8) is 0 Å². The molecule has 2 fully saturated rings. The van der Waals surface area contributed by atoms with Gasteiger partial charge < -0.3 is 9.52 Å². The summed E-state index contributed by atoms with van der Waals surface area (Å²) >= 11 is 0. The highest BCUT2D eigenvalue weighted by molar-refractivity contribution is 5.19. The van der Waals surface area contributed by atoms with Gasteiger partial charge in [0.2, 0.25) is 0 Å². The number of rotatable bonds is 3. The molecule has 0 amide bonds. The minimum Gasteiger partial charge on any atom is -0.463 e. The summed E-state index contributed by atoms with van der Waals surface area (Å²) in [6.45, 7) is 4.56. The van der Waals surface area contributed by atoms with E-state index in [1.165, 1.54) is 19.3 Å². The molecular weight excluding hydrogens is 224 g/mol. The van der Waals surface area contributed by atoms with Crippen molar-refractivity contribution in [2.45, 2.75) is 58.0 Å². The second-order valence-electron chi connectivity index (χ2n) is 6.52. The zero-order valence-corrected chi connectivity index (χ0v) is 11.4. The normalized spacial score (nSPS) is 37.5. The molecule has 18 heavy (non-hydrogen) atoms. The van der Waals surface area contributed by atoms with Gasteiger partial charge in [-0.15, -0.1) is 0 Å². The van der Waals surface area contributed by atoms with E-state index in [2.05, 4.69) is 19.9 Å². The summed E-state index contributed by atoms with van der Waals surface area (Å²) in [5.41, 5.74) is 0. The van der Waals surface area contributed by atoms with Crippen molar-refractivity contribution in [1.29, 1.82) is 0 Å². The van der Waals surface area contributed by atoms with Crippen molar-refractivity contribution in [3.8, 4) is 0 Å². The SMILES string of the molecule is CC1CCC(C(O)c2ccc(C3CC3C)o2)CC1. The molecule has 2 aliphatic carbocycles. The molecule has 0 radical (unpaired) electrons. The van der Waals surface area contributed by atoms with Crippen LogP contribution in [0, 0.1) is 17.8 Å². The van der Waals surface area contributed by atoms with Crippen LogP contribution in [0.4, 0.5) is 0 Å². The van der Waals surface area contributed by atoms with Gasteiger partial charge in [0.1, 0.15) is 17.6 Å². The first-order chi connectivity index (χ1) is 8.65. The zero-order chi connectivity index (χ0) is 12.7. The molecule has 1 heterocycles. The standard InChI is InChI=1S/C16H24O2/c1-10-3-5-12(6-4-10)16(17)15-8-7-14(18-15)13-9-11(13)2/h7-8,10-13,16-17H,3-6,9H2,1-2H3. The Hall–Kier alpha value is -0.760. The molecule has 2 heteroatoms. The quantitative estimate of drug-likeness (QED) is 0.867. The summed E-state index contributed by atoms with van der Waals surface area (Å²) in [7, 11) is 0. The van der Waals surface area contributed by atoms with Crippen molar-refractivity contribution in [2.75, 3.05) is 0 Å². The van der Waals surface area contributed by atoms with Crippen LogP contribution in [0.25, 0.3) is 0 Å². The Bertz CT molecular complexity index is 401. The van der Waals surface area contributed by atoms with Crippen molar-refractivity contribution < 1.29 is 9.52 Å². The van der Waals surface area contributed by atoms with Gasteiger partial charge in [0.25, 0.3) is 0 Å². The number of hydrogen-bond acceptors (Lipinski definition) is 2. The molecule has 2 aliphatic rings. The first kappa shape index (κ1) is 12.3. The molecule has 2 saturated carbocycles. The van der Waals surface area contributed by atoms with Gasteiger partial charge in [-0.05, 0) is 49.1 Å². The number of aliphatic hydroxyl groups is 1. The van der Waals surface area contributed by atoms with E-state index in [9.17, 15) is 5.11 Å². The highest BCUT2D eigenvalue weighted by atomic mass is 16.4. The number of hydrogen-bond donors (Lipinski definition) is 1. The smallest absolute Gasteiger partial charge is 0.132 e. The Morgan fingerprint density at radius 2 is 1.83 bits per heavy atom. The van der Waals surface area contributed by atoms with Crippen molar-refractivity contribution in [2.24, 2.45) is 17.8 Å². The van der Waals surface area contributed by atoms with Gasteiger partial charge in [0.15, 0.2) is 0 Å². The summed E-state index contributed by atoms with van der Waals surface area (Å²) in [5, 5.41) is 10.4. The molecule has 1 aromatic rings. The Morgan fingerprint density at radius 1 is 1.17 bits per heavy atom. The summed E-state index contributed by atoms with van der Waals surface area (Å²) < 4.78 is 5.87. The highest BCUT2D eigenvalue weighted by Crippen LogP contribution is 2.48. The molecule has 3 rings (SSSR count). The highest BCUT2D eigenvalue weighted by Gasteiger charge is 2.37. The third-order valence-corrected chi connectivity index (χ3v) is 4.92. The molecule has 0 aromatic carbocycles. The Morgan fingerprint density at radius 3 is 2.44 bits per heavy atom. The van der Waals surface area contributed by atoms with Crippen LogP contribution in [0.5, 0.6) is 0 Å². The molecule has 1 aromatic heterocycles. The molecular formula is C16H24O2. The first-order valence-corrected chi connectivity index (χ1v) is 7.43. The van der Waals surface area contributed by atoms with Crippen LogP contribution in [0.15, 0.2) is 16.5 Å². The molecule has 100 valence electrons. The minimum absolute atomic E-state index is 0.389. The second-order valence-corrected chi connectivity index (χ2v) is 6.52. The summed E-state index contributed by atoms with van der Waals surface area (Å²) in [6, 6.07) is 4.06. The fraction of sp³-hybridized carbons (Fsp3) is 0.750. The Labute approximate surface area is 109 Å². The van der Waals surface area contributed by atoms with Gasteiger partial charge in [0.05, 0.1) is 0 Å². The van der Waals surface area contributed by atoms with Gasteiger partial charge in [-0.2, -0.15) is 0 Å². The van der Waals surface area contributed by atoms with Crippen LogP contribution >= 0.6 is 0 Å². The van der Waals surface area contributed by atoms with E-state index in [1.54, 1.807) is 0 Å². The lowest BCUT2D eigenvalue weighted by Gasteiger charge is -2.28. The monoisotopic (exact) mass is 248 g/mol. The van der Waals surface area contributed by atoms with Gasteiger partial charge in [-0.1, -0.05) is 26.7 Å². The van der Waals surface area contributed by atoms with Crippen LogP contribution in [-0.4, -0.2) is 5.11 Å². The van der Waals surface area contributed by atoms with Crippen LogP contribution in [0.2, 0.25) is 0 Å². The summed E-state index contributed by atoms with van der Waals surface area (Å²) in [4.78, 5) is 0. The summed E-state index contributed by atoms with van der Waals surface area (Å²) in [6.07, 6.45) is 5.62. The van der Waals surface area contributed by atoms with Crippen LogP contribution in [-0.2, 0) is 0 Å². The average Bonchev–Trinajstić information content (AvgIpc) is 2.92. The lowest BCUT2D eigenvalue weighted by molar-refractivity contribution is 0.0565. The number of furan rings is 1. The zero-order valence-electron chi connectivity index (χ0n) is 11.4. The lowest BCUT2D eigenvalue weighted by atomic mass is 9.80. The van der Waals surface area contributed by atoms with E-state index in [4.69, 9.17) is 4.42 Å². The molecule has 3 atom stereocenters. The second kappa shape index (κ2) is 4.73. The third kappa shape index (κ3) is 2.35. The maximum atomic E-state index is 10.4. The van der Waals surface area contributed by atoms with Gasteiger partial charge in [-0.25, -0.2) is 0 Å². The molecule has 0 saturated heterocycles. The molecule has 0 aliphatic heterocycles. The van der Waals surface area contributed by atoms with Crippen molar-refractivity contribution >= 4 is 0 Å². The summed E-state index contributed by atoms with van der Waals surface area (Å²) in [5.74, 6) is 4.48. The van der Waals surface area contributed by atoms with E-state index < -0.39 is 0 Å². The third-order valence-electron chi connectivity index (χ3n) is 4.92. The molecule has 2 nitrogen and oxygen atoms in total. The topological polar surface area (TPSA) is 33.4 Å². The predicted molar refractivity (Wildman–Crippen MR) is 71.3 cm³/mol. The van der Waals surface area contributed by atoms with Crippen molar-refractivity contribution in [1.82, 2.24) is 0 Å². The Kier molecular flexibility index (Phi) is 3.23. The van der Waals surface area contributed by atoms with Crippen LogP contribution < -0.4 is 0 Å². The lowest BCUT2D eigenvalue weighted by Crippen LogP contribution is -2.18. The van der Waals surface area contributed by atoms with Crippen LogP contribution in [0.1, 0.15) is 69.5 Å². The number of aliphatic hydroxyl groups excluding tert-OH is 1. The van der Waals surface area contributed by atoms with E-state index >= 15 is 0 Å².